The van der Waals surface area contributed by atoms with E-state index in [0.717, 1.165) is 104 Å². The molecule has 3 saturated heterocycles. The zero-order chi connectivity index (χ0) is 36.5. The molecule has 1 saturated carbocycles. The second-order valence-corrected chi connectivity index (χ2v) is 15.8. The maximum atomic E-state index is 14.3. The van der Waals surface area contributed by atoms with Crippen molar-refractivity contribution in [2.24, 2.45) is 5.41 Å². The first kappa shape index (κ1) is 36.1. The smallest absolute Gasteiger partial charge is 0.257 e. The van der Waals surface area contributed by atoms with E-state index in [-0.39, 0.29) is 34.8 Å². The molecule has 6 heterocycles. The molecule has 4 aliphatic heterocycles. The van der Waals surface area contributed by atoms with Crippen LogP contribution in [0.4, 0.5) is 10.2 Å². The van der Waals surface area contributed by atoms with Gasteiger partial charge in [0.05, 0.1) is 25.0 Å². The first-order valence-corrected chi connectivity index (χ1v) is 19.5. The van der Waals surface area contributed by atoms with Crippen molar-refractivity contribution < 1.29 is 23.4 Å². The van der Waals surface area contributed by atoms with Crippen LogP contribution in [0.25, 0.3) is 0 Å². The maximum absolute atomic E-state index is 14.3. The summed E-state index contributed by atoms with van der Waals surface area (Å²) < 4.78 is 33.1. The van der Waals surface area contributed by atoms with E-state index in [1.165, 1.54) is 42.2 Å². The number of pyridine rings is 1. The second kappa shape index (κ2) is 15.4. The van der Waals surface area contributed by atoms with E-state index >= 15 is 0 Å². The van der Waals surface area contributed by atoms with E-state index in [0.29, 0.717) is 24.2 Å². The third-order valence-corrected chi connectivity index (χ3v) is 11.9. The molecule has 1 spiro atoms. The van der Waals surface area contributed by atoms with Gasteiger partial charge in [-0.25, -0.2) is 14.4 Å². The highest BCUT2D eigenvalue weighted by atomic mass is 19.1. The third-order valence-electron chi connectivity index (χ3n) is 11.9. The third kappa shape index (κ3) is 7.71. The molecule has 0 N–H and O–H groups in total. The number of aromatic nitrogens is 3. The SMILES string of the molecule is CCN(C(=O)c1cc(F)ccc1Oc1cncnc1N1CC2(CC(Oc3ccnc4c3CN(CCCN3CCN5CCOC[C@@H]5C3)CC4)C2)C1)C(C)C. The number of amides is 1. The van der Waals surface area contributed by atoms with E-state index in [4.69, 9.17) is 19.2 Å². The van der Waals surface area contributed by atoms with Gasteiger partial charge in [-0.2, -0.15) is 0 Å². The minimum Gasteiger partial charge on any atom is -0.490 e. The van der Waals surface area contributed by atoms with E-state index in [2.05, 4.69) is 29.6 Å². The number of anilines is 1. The van der Waals surface area contributed by atoms with Crippen LogP contribution in [0.1, 0.15) is 61.6 Å². The Labute approximate surface area is 312 Å². The predicted octanol–water partition coefficient (Wildman–Crippen LogP) is 4.49. The molecule has 0 unspecified atom stereocenters. The molecular weight excluding hydrogens is 675 g/mol. The van der Waals surface area contributed by atoms with Gasteiger partial charge < -0.3 is 28.9 Å². The van der Waals surface area contributed by atoms with Crippen LogP contribution in [0.5, 0.6) is 17.2 Å². The minimum absolute atomic E-state index is 0.0372. The average molecular weight is 729 g/mol. The number of rotatable bonds is 12. The van der Waals surface area contributed by atoms with E-state index < -0.39 is 5.82 Å². The molecule has 13 heteroatoms. The van der Waals surface area contributed by atoms with Gasteiger partial charge >= 0.3 is 0 Å². The number of ether oxygens (including phenoxy) is 3. The normalized spacial score (nSPS) is 21.8. The Hall–Kier alpha value is -3.91. The zero-order valence-corrected chi connectivity index (χ0v) is 31.4. The van der Waals surface area contributed by atoms with Crippen LogP contribution in [0.2, 0.25) is 0 Å². The number of carbonyl (C=O) groups is 1. The molecule has 0 radical (unpaired) electrons. The van der Waals surface area contributed by atoms with Crippen LogP contribution >= 0.6 is 0 Å². The topological polar surface area (TPSA) is 99.6 Å². The molecule has 2 aromatic heterocycles. The Bertz CT molecular complexity index is 1760. The zero-order valence-electron chi connectivity index (χ0n) is 31.4. The Morgan fingerprint density at radius 3 is 2.74 bits per heavy atom. The van der Waals surface area contributed by atoms with Crippen molar-refractivity contribution in [2.45, 2.75) is 71.2 Å². The summed E-state index contributed by atoms with van der Waals surface area (Å²) in [7, 11) is 0. The molecule has 0 bridgehead atoms. The van der Waals surface area contributed by atoms with Crippen molar-refractivity contribution >= 4 is 11.7 Å². The van der Waals surface area contributed by atoms with Crippen LogP contribution in [0, 0.1) is 11.2 Å². The summed E-state index contributed by atoms with van der Waals surface area (Å²) in [6, 6.07) is 6.62. The summed E-state index contributed by atoms with van der Waals surface area (Å²) in [4.78, 5) is 38.6. The number of morpholine rings is 1. The van der Waals surface area contributed by atoms with Gasteiger partial charge in [-0.3, -0.25) is 19.6 Å². The molecular formula is C40H53FN8O4. The molecule has 284 valence electrons. The minimum atomic E-state index is -0.489. The largest absolute Gasteiger partial charge is 0.490 e. The summed E-state index contributed by atoms with van der Waals surface area (Å²) in [6.07, 6.45) is 9.26. The van der Waals surface area contributed by atoms with Gasteiger partial charge in [0.1, 0.15) is 29.7 Å². The summed E-state index contributed by atoms with van der Waals surface area (Å²) in [6.45, 7) is 18.4. The highest BCUT2D eigenvalue weighted by Gasteiger charge is 2.54. The lowest BCUT2D eigenvalue weighted by atomic mass is 9.61. The summed E-state index contributed by atoms with van der Waals surface area (Å²) in [5, 5.41) is 0. The van der Waals surface area contributed by atoms with Crippen molar-refractivity contribution in [3.05, 3.63) is 65.6 Å². The first-order chi connectivity index (χ1) is 25.8. The number of hydrogen-bond donors (Lipinski definition) is 0. The van der Waals surface area contributed by atoms with Crippen molar-refractivity contribution in [3.63, 3.8) is 0 Å². The molecule has 12 nitrogen and oxygen atoms in total. The molecule has 1 amide bonds. The molecule has 1 aromatic carbocycles. The number of halogens is 1. The molecule has 3 aromatic rings. The lowest BCUT2D eigenvalue weighted by molar-refractivity contribution is -0.0450. The van der Waals surface area contributed by atoms with Crippen LogP contribution in [0.3, 0.4) is 0 Å². The van der Waals surface area contributed by atoms with Crippen molar-refractivity contribution in [2.75, 3.05) is 83.6 Å². The van der Waals surface area contributed by atoms with Crippen LogP contribution in [-0.2, 0) is 17.7 Å². The average Bonchev–Trinajstić information content (AvgIpc) is 3.13. The Balaban J connectivity index is 0.843. The van der Waals surface area contributed by atoms with Gasteiger partial charge in [-0.1, -0.05) is 0 Å². The molecule has 1 aliphatic carbocycles. The lowest BCUT2D eigenvalue weighted by Gasteiger charge is -2.59. The van der Waals surface area contributed by atoms with Crippen molar-refractivity contribution in [1.82, 2.24) is 34.6 Å². The fourth-order valence-corrected chi connectivity index (χ4v) is 9.04. The number of piperazine rings is 1. The fraction of sp³-hybridized carbons (Fsp3) is 0.600. The lowest BCUT2D eigenvalue weighted by Crippen LogP contribution is -2.65. The van der Waals surface area contributed by atoms with Crippen LogP contribution in [0.15, 0.2) is 43.0 Å². The molecule has 5 aliphatic rings. The number of benzene rings is 1. The highest BCUT2D eigenvalue weighted by molar-refractivity contribution is 5.97. The number of hydrogen-bond acceptors (Lipinski definition) is 11. The van der Waals surface area contributed by atoms with Gasteiger partial charge in [-0.15, -0.1) is 0 Å². The van der Waals surface area contributed by atoms with Crippen LogP contribution < -0.4 is 14.4 Å². The Morgan fingerprint density at radius 2 is 1.91 bits per heavy atom. The highest BCUT2D eigenvalue weighted by Crippen LogP contribution is 2.52. The number of fused-ring (bicyclic) bond motifs is 2. The van der Waals surface area contributed by atoms with Gasteiger partial charge in [0, 0.05) is 100 Å². The van der Waals surface area contributed by atoms with Gasteiger partial charge in [0.2, 0.25) is 0 Å². The van der Waals surface area contributed by atoms with E-state index in [9.17, 15) is 9.18 Å². The molecule has 1 atom stereocenters. The fourth-order valence-electron chi connectivity index (χ4n) is 9.04. The maximum Gasteiger partial charge on any atom is 0.257 e. The molecule has 8 rings (SSSR count). The monoisotopic (exact) mass is 728 g/mol. The summed E-state index contributed by atoms with van der Waals surface area (Å²) in [5.74, 6) is 1.61. The van der Waals surface area contributed by atoms with E-state index in [1.54, 1.807) is 11.1 Å². The second-order valence-electron chi connectivity index (χ2n) is 15.8. The number of carbonyl (C=O) groups excluding carboxylic acids is 1. The summed E-state index contributed by atoms with van der Waals surface area (Å²) in [5.41, 5.74) is 2.77. The van der Waals surface area contributed by atoms with Gasteiger partial charge in [-0.05, 0) is 77.4 Å². The number of nitrogens with zero attached hydrogens (tertiary/aromatic N) is 8. The standard InChI is InChI=1S/C40H53FN8O4/c1-4-49(28(2)3)39(50)32-18-29(41)6-7-35(32)53-37-21-42-27-44-38(37)48-25-40(26-48)19-31(20-40)52-36-8-10-43-34-9-13-45(23-33(34)36)11-5-12-46-14-15-47-16-17-51-24-30(47)22-46/h6-8,10,18,21,27-28,30-31H,4-5,9,11-17,19-20,22-26H2,1-3H3/t30-/m0/s1. The first-order valence-electron chi connectivity index (χ1n) is 19.5. The van der Waals surface area contributed by atoms with Crippen molar-refractivity contribution in [1.29, 1.82) is 0 Å². The van der Waals surface area contributed by atoms with Gasteiger partial charge in [0.15, 0.2) is 11.6 Å². The van der Waals surface area contributed by atoms with Crippen molar-refractivity contribution in [3.8, 4) is 17.2 Å². The van der Waals surface area contributed by atoms with Crippen LogP contribution in [-0.4, -0.2) is 137 Å². The van der Waals surface area contributed by atoms with E-state index in [1.807, 2.05) is 33.0 Å². The Morgan fingerprint density at radius 1 is 1.06 bits per heavy atom. The Kier molecular flexibility index (Phi) is 10.5. The molecule has 53 heavy (non-hydrogen) atoms. The predicted molar refractivity (Wildman–Crippen MR) is 199 cm³/mol. The van der Waals surface area contributed by atoms with Gasteiger partial charge in [0.25, 0.3) is 5.91 Å². The molecule has 4 fully saturated rings. The quantitative estimate of drug-likeness (QED) is 0.264. The summed E-state index contributed by atoms with van der Waals surface area (Å²) >= 11 is 0.